The molecule has 1 aromatic heterocycles. The molecule has 0 radical (unpaired) electrons. The summed E-state index contributed by atoms with van der Waals surface area (Å²) in [5.74, 6) is 1.86. The Morgan fingerprint density at radius 1 is 0.436 bits per heavy atom. The molecule has 1 nitrogen and oxygen atoms in total. The lowest BCUT2D eigenvalue weighted by atomic mass is 9.90. The molecule has 5 rings (SSSR count). The van der Waals surface area contributed by atoms with E-state index in [1.165, 1.54) is 59.1 Å². The predicted molar refractivity (Wildman–Crippen MR) is 167 cm³/mol. The zero-order valence-corrected chi connectivity index (χ0v) is 23.9. The molecule has 4 aromatic carbocycles. The maximum atomic E-state index is 6.91. The lowest BCUT2D eigenvalue weighted by molar-refractivity contribution is 0.598. The molecule has 198 valence electrons. The van der Waals surface area contributed by atoms with E-state index in [0.717, 1.165) is 46.6 Å². The quantitative estimate of drug-likeness (QED) is 0.181. The van der Waals surface area contributed by atoms with Gasteiger partial charge in [0.05, 0.1) is 0 Å². The van der Waals surface area contributed by atoms with Crippen LogP contribution >= 0.6 is 0 Å². The molecule has 0 saturated heterocycles. The second kappa shape index (κ2) is 12.3. The highest BCUT2D eigenvalue weighted by Gasteiger charge is 2.25. The van der Waals surface area contributed by atoms with Crippen LogP contribution in [0.15, 0.2) is 101 Å². The Morgan fingerprint density at radius 3 is 1.15 bits per heavy atom. The molecule has 5 aromatic rings. The van der Waals surface area contributed by atoms with E-state index in [2.05, 4.69) is 125 Å². The van der Waals surface area contributed by atoms with E-state index in [1.54, 1.807) is 0 Å². The van der Waals surface area contributed by atoms with Gasteiger partial charge in [-0.2, -0.15) is 0 Å². The fourth-order valence-corrected chi connectivity index (χ4v) is 5.24. The van der Waals surface area contributed by atoms with Crippen LogP contribution in [0.25, 0.3) is 44.9 Å². The van der Waals surface area contributed by atoms with Crippen molar-refractivity contribution in [3.63, 3.8) is 0 Å². The van der Waals surface area contributed by atoms with Crippen LogP contribution in [0.4, 0.5) is 0 Å². The topological polar surface area (TPSA) is 13.1 Å². The van der Waals surface area contributed by atoms with Gasteiger partial charge in [0.1, 0.15) is 11.5 Å². The summed E-state index contributed by atoms with van der Waals surface area (Å²) in [5.41, 5.74) is 12.2. The molecule has 39 heavy (non-hydrogen) atoms. The van der Waals surface area contributed by atoms with E-state index in [9.17, 15) is 0 Å². The van der Waals surface area contributed by atoms with Gasteiger partial charge in [-0.05, 0) is 61.8 Å². The summed E-state index contributed by atoms with van der Waals surface area (Å²) in [7, 11) is 0. The number of benzene rings is 4. The average Bonchev–Trinajstić information content (AvgIpc) is 3.37. The fourth-order valence-electron chi connectivity index (χ4n) is 5.24. The van der Waals surface area contributed by atoms with Gasteiger partial charge in [-0.3, -0.25) is 0 Å². The Bertz CT molecular complexity index is 1480. The van der Waals surface area contributed by atoms with E-state index >= 15 is 0 Å². The lowest BCUT2D eigenvalue weighted by Gasteiger charge is -2.10. The maximum absolute atomic E-state index is 6.91. The summed E-state index contributed by atoms with van der Waals surface area (Å²) in [6.45, 7) is 8.77. The summed E-state index contributed by atoms with van der Waals surface area (Å²) in [6, 6.07) is 35.7. The molecule has 0 fully saturated rings. The van der Waals surface area contributed by atoms with Crippen molar-refractivity contribution in [2.45, 2.75) is 66.2 Å². The molecule has 0 saturated carbocycles. The summed E-state index contributed by atoms with van der Waals surface area (Å²) in [6.07, 6.45) is 7.08. The van der Waals surface area contributed by atoms with Crippen LogP contribution in [0.2, 0.25) is 0 Å². The fraction of sp³-hybridized carbons (Fsp3) is 0.263. The lowest BCUT2D eigenvalue weighted by Crippen LogP contribution is -1.89. The molecule has 0 amide bonds. The van der Waals surface area contributed by atoms with E-state index in [1.807, 2.05) is 0 Å². The highest BCUT2D eigenvalue weighted by molar-refractivity contribution is 5.99. The van der Waals surface area contributed by atoms with Crippen molar-refractivity contribution in [3.8, 4) is 44.9 Å². The van der Waals surface area contributed by atoms with Crippen molar-refractivity contribution in [1.29, 1.82) is 0 Å². The van der Waals surface area contributed by atoms with E-state index in [-0.39, 0.29) is 0 Å². The van der Waals surface area contributed by atoms with Crippen LogP contribution in [0.5, 0.6) is 0 Å². The van der Waals surface area contributed by atoms with Gasteiger partial charge in [0, 0.05) is 22.3 Å². The third kappa shape index (κ3) is 6.09. The molecule has 0 atom stereocenters. The Labute approximate surface area is 234 Å². The summed E-state index contributed by atoms with van der Waals surface area (Å²) >= 11 is 0. The highest BCUT2D eigenvalue weighted by atomic mass is 16.3. The average molecular weight is 513 g/mol. The van der Waals surface area contributed by atoms with Crippen LogP contribution in [-0.2, 0) is 12.8 Å². The first-order valence-corrected chi connectivity index (χ1v) is 14.6. The Hall–Kier alpha value is -3.84. The summed E-state index contributed by atoms with van der Waals surface area (Å²) < 4.78 is 6.91. The first-order chi connectivity index (χ1) is 19.1. The normalized spacial score (nSPS) is 11.2. The van der Waals surface area contributed by atoms with Crippen molar-refractivity contribution in [2.24, 2.45) is 0 Å². The minimum atomic E-state index is 0.925. The predicted octanol–water partition coefficient (Wildman–Crippen LogP) is 11.2. The molecule has 0 N–H and O–H groups in total. The largest absolute Gasteiger partial charge is 0.455 e. The highest BCUT2D eigenvalue weighted by Crippen LogP contribution is 2.48. The standard InChI is InChI=1S/C38H40O/c1-5-7-9-29-15-23-32(24-16-29)36-35(31-19-11-27(3)12-20-31)37(33-21-13-28(4)14-22-33)39-38(36)34-25-17-30(18-26-34)10-8-6-2/h11-26H,5-10H2,1-4H3. The van der Waals surface area contributed by atoms with Gasteiger partial charge < -0.3 is 4.42 Å². The number of unbranched alkanes of at least 4 members (excludes halogenated alkanes) is 2. The molecule has 0 aliphatic heterocycles. The SMILES string of the molecule is CCCCc1ccc(-c2oc(-c3ccc(C)cc3)c(-c3ccc(C)cc3)c2-c2ccc(CCCC)cc2)cc1. The van der Waals surface area contributed by atoms with Crippen molar-refractivity contribution >= 4 is 0 Å². The van der Waals surface area contributed by atoms with Gasteiger partial charge in [0.2, 0.25) is 0 Å². The minimum Gasteiger partial charge on any atom is -0.455 e. The third-order valence-corrected chi connectivity index (χ3v) is 7.66. The smallest absolute Gasteiger partial charge is 0.143 e. The minimum absolute atomic E-state index is 0.925. The van der Waals surface area contributed by atoms with Crippen LogP contribution < -0.4 is 0 Å². The Kier molecular flexibility index (Phi) is 8.47. The molecule has 1 heterocycles. The van der Waals surface area contributed by atoms with Gasteiger partial charge in [-0.25, -0.2) is 0 Å². The zero-order valence-electron chi connectivity index (χ0n) is 23.9. The van der Waals surface area contributed by atoms with Crippen molar-refractivity contribution in [3.05, 3.63) is 119 Å². The van der Waals surface area contributed by atoms with Gasteiger partial charge in [0.25, 0.3) is 0 Å². The number of furan rings is 1. The zero-order chi connectivity index (χ0) is 27.2. The third-order valence-electron chi connectivity index (χ3n) is 7.66. The number of hydrogen-bond donors (Lipinski definition) is 0. The van der Waals surface area contributed by atoms with E-state index in [4.69, 9.17) is 4.42 Å². The molecule has 0 aliphatic carbocycles. The van der Waals surface area contributed by atoms with Gasteiger partial charge >= 0.3 is 0 Å². The molecular formula is C38H40O. The maximum Gasteiger partial charge on any atom is 0.143 e. The number of aryl methyl sites for hydroxylation is 4. The van der Waals surface area contributed by atoms with Crippen LogP contribution in [0.3, 0.4) is 0 Å². The molecule has 0 aliphatic rings. The van der Waals surface area contributed by atoms with Crippen molar-refractivity contribution < 1.29 is 4.42 Å². The van der Waals surface area contributed by atoms with Gasteiger partial charge in [0.15, 0.2) is 0 Å². The number of rotatable bonds is 10. The van der Waals surface area contributed by atoms with Crippen molar-refractivity contribution in [1.82, 2.24) is 0 Å². The first-order valence-electron chi connectivity index (χ1n) is 14.6. The second-order valence-corrected chi connectivity index (χ2v) is 10.8. The van der Waals surface area contributed by atoms with Gasteiger partial charge in [-0.1, -0.05) is 135 Å². The van der Waals surface area contributed by atoms with Crippen molar-refractivity contribution in [2.75, 3.05) is 0 Å². The number of hydrogen-bond acceptors (Lipinski definition) is 1. The van der Waals surface area contributed by atoms with E-state index in [0.29, 0.717) is 0 Å². The van der Waals surface area contributed by atoms with E-state index < -0.39 is 0 Å². The Balaban J connectivity index is 1.73. The van der Waals surface area contributed by atoms with Crippen LogP contribution in [-0.4, -0.2) is 0 Å². The van der Waals surface area contributed by atoms with Crippen LogP contribution in [0, 0.1) is 13.8 Å². The molecule has 0 spiro atoms. The molecular weight excluding hydrogens is 472 g/mol. The molecule has 0 bridgehead atoms. The second-order valence-electron chi connectivity index (χ2n) is 10.8. The van der Waals surface area contributed by atoms with Crippen LogP contribution in [0.1, 0.15) is 61.8 Å². The first kappa shape index (κ1) is 26.8. The van der Waals surface area contributed by atoms with Gasteiger partial charge in [-0.15, -0.1) is 0 Å². The Morgan fingerprint density at radius 2 is 0.769 bits per heavy atom. The molecule has 1 heteroatoms. The summed E-state index contributed by atoms with van der Waals surface area (Å²) in [5, 5.41) is 0. The summed E-state index contributed by atoms with van der Waals surface area (Å²) in [4.78, 5) is 0. The monoisotopic (exact) mass is 512 g/mol. The molecule has 0 unspecified atom stereocenters.